The first-order valence-electron chi connectivity index (χ1n) is 8.03. The van der Waals surface area contributed by atoms with Crippen molar-refractivity contribution in [3.05, 3.63) is 16.7 Å². The third-order valence-corrected chi connectivity index (χ3v) is 4.45. The Morgan fingerprint density at radius 1 is 0.958 bits per heavy atom. The van der Waals surface area contributed by atoms with Crippen LogP contribution in [0.15, 0.2) is 0 Å². The van der Waals surface area contributed by atoms with Crippen LogP contribution in [0.25, 0.3) is 0 Å². The lowest BCUT2D eigenvalue weighted by Crippen LogP contribution is -2.19. The first-order chi connectivity index (χ1) is 11.6. The number of carbonyl (C=O) groups is 1. The number of fused-ring (bicyclic) bond motifs is 1. The Balaban J connectivity index is 2.72. The van der Waals surface area contributed by atoms with Gasteiger partial charge in [-0.2, -0.15) is 0 Å². The van der Waals surface area contributed by atoms with Crippen molar-refractivity contribution in [1.29, 1.82) is 0 Å². The molecule has 0 saturated heterocycles. The van der Waals surface area contributed by atoms with E-state index in [1.54, 1.807) is 21.3 Å². The minimum absolute atomic E-state index is 0.106. The van der Waals surface area contributed by atoms with Gasteiger partial charge in [-0.3, -0.25) is 0 Å². The minimum atomic E-state index is -0.224. The lowest BCUT2D eigenvalue weighted by Gasteiger charge is -2.32. The van der Waals surface area contributed by atoms with E-state index in [9.17, 15) is 4.79 Å². The molecule has 1 aliphatic carbocycles. The molecule has 6 nitrogen and oxygen atoms in total. The molecule has 1 aromatic rings. The smallest absolute Gasteiger partial charge is 0.188 e. The van der Waals surface area contributed by atoms with Crippen molar-refractivity contribution in [3.63, 3.8) is 0 Å². The van der Waals surface area contributed by atoms with E-state index in [1.165, 1.54) is 0 Å². The fourth-order valence-corrected chi connectivity index (χ4v) is 3.36. The van der Waals surface area contributed by atoms with Crippen LogP contribution in [0.2, 0.25) is 0 Å². The molecule has 0 aliphatic heterocycles. The second-order valence-electron chi connectivity index (χ2n) is 5.97. The Hall–Kier alpha value is -1.79. The number of methoxy groups -OCH3 is 3. The van der Waals surface area contributed by atoms with E-state index in [0.29, 0.717) is 17.2 Å². The highest BCUT2D eigenvalue weighted by molar-refractivity contribution is 5.73. The zero-order chi connectivity index (χ0) is 17.7. The standard InChI is InChI=1S/C18H26O6/c1-11-6-7-13(8-19)15-14(11)18(24-10-21-4)17(22-5)12(2)16(15)23-9-20-3/h8,11,13H,6-7,9-10H2,1-5H3/t11-,13+/m0/s1. The van der Waals surface area contributed by atoms with Crippen LogP contribution in [0, 0.1) is 6.92 Å². The molecule has 1 aliphatic rings. The second-order valence-corrected chi connectivity index (χ2v) is 5.97. The molecule has 0 saturated carbocycles. The Morgan fingerprint density at radius 3 is 2.12 bits per heavy atom. The summed E-state index contributed by atoms with van der Waals surface area (Å²) in [5.41, 5.74) is 2.63. The van der Waals surface area contributed by atoms with Gasteiger partial charge in [0.15, 0.2) is 25.1 Å². The van der Waals surface area contributed by atoms with Gasteiger partial charge in [-0.1, -0.05) is 6.92 Å². The Labute approximate surface area is 143 Å². The summed E-state index contributed by atoms with van der Waals surface area (Å²) in [4.78, 5) is 11.7. The van der Waals surface area contributed by atoms with Gasteiger partial charge in [-0.05, 0) is 25.7 Å². The number of benzene rings is 1. The van der Waals surface area contributed by atoms with Gasteiger partial charge in [-0.15, -0.1) is 0 Å². The summed E-state index contributed by atoms with van der Waals surface area (Å²) in [5.74, 6) is 1.89. The van der Waals surface area contributed by atoms with E-state index in [4.69, 9.17) is 23.7 Å². The average molecular weight is 338 g/mol. The molecule has 2 atom stereocenters. The third kappa shape index (κ3) is 3.35. The molecule has 0 aromatic heterocycles. The second kappa shape index (κ2) is 8.35. The number of hydrogen-bond acceptors (Lipinski definition) is 6. The summed E-state index contributed by atoms with van der Waals surface area (Å²) in [6.45, 7) is 4.23. The number of ether oxygens (including phenoxy) is 5. The van der Waals surface area contributed by atoms with Crippen molar-refractivity contribution in [2.45, 2.75) is 38.5 Å². The van der Waals surface area contributed by atoms with Gasteiger partial charge in [0.2, 0.25) is 0 Å². The van der Waals surface area contributed by atoms with Crippen molar-refractivity contribution in [3.8, 4) is 17.2 Å². The van der Waals surface area contributed by atoms with Gasteiger partial charge < -0.3 is 28.5 Å². The first kappa shape index (κ1) is 18.5. The molecule has 0 N–H and O–H groups in total. The Kier molecular flexibility index (Phi) is 6.45. The molecule has 1 aromatic carbocycles. The molecule has 0 bridgehead atoms. The quantitative estimate of drug-likeness (QED) is 0.536. The summed E-state index contributed by atoms with van der Waals surface area (Å²) < 4.78 is 27.4. The summed E-state index contributed by atoms with van der Waals surface area (Å²) in [5, 5.41) is 0. The SMILES string of the molecule is COCOc1c(OC)c(C)c(OCOC)c2c1[C@@H](C)CC[C@@H]2C=O. The molecule has 0 fully saturated rings. The van der Waals surface area contributed by atoms with Crippen molar-refractivity contribution in [2.24, 2.45) is 0 Å². The molecule has 0 spiro atoms. The molecule has 0 amide bonds. The molecule has 134 valence electrons. The van der Waals surface area contributed by atoms with Crippen LogP contribution >= 0.6 is 0 Å². The summed E-state index contributed by atoms with van der Waals surface area (Å²) in [7, 11) is 4.73. The largest absolute Gasteiger partial charge is 0.492 e. The molecule has 0 unspecified atom stereocenters. The normalized spacial score (nSPS) is 19.5. The number of carbonyl (C=O) groups excluding carboxylic acids is 1. The molecule has 0 heterocycles. The minimum Gasteiger partial charge on any atom is -0.492 e. The van der Waals surface area contributed by atoms with Crippen LogP contribution < -0.4 is 14.2 Å². The third-order valence-electron chi connectivity index (χ3n) is 4.45. The van der Waals surface area contributed by atoms with Gasteiger partial charge in [0.25, 0.3) is 0 Å². The van der Waals surface area contributed by atoms with E-state index in [1.807, 2.05) is 6.92 Å². The summed E-state index contributed by atoms with van der Waals surface area (Å²) in [6.07, 6.45) is 2.67. The van der Waals surface area contributed by atoms with Gasteiger partial charge in [0, 0.05) is 36.8 Å². The highest BCUT2D eigenvalue weighted by Crippen LogP contribution is 2.53. The predicted octanol–water partition coefficient (Wildman–Crippen LogP) is 3.15. The van der Waals surface area contributed by atoms with Crippen LogP contribution in [0.5, 0.6) is 17.2 Å². The lowest BCUT2D eigenvalue weighted by atomic mass is 9.76. The summed E-state index contributed by atoms with van der Waals surface area (Å²) in [6, 6.07) is 0. The molecule has 24 heavy (non-hydrogen) atoms. The van der Waals surface area contributed by atoms with Crippen LogP contribution in [0.3, 0.4) is 0 Å². The zero-order valence-electron chi connectivity index (χ0n) is 15.0. The number of aldehydes is 1. The van der Waals surface area contributed by atoms with Gasteiger partial charge in [0.1, 0.15) is 12.0 Å². The summed E-state index contributed by atoms with van der Waals surface area (Å²) >= 11 is 0. The highest BCUT2D eigenvalue weighted by Gasteiger charge is 2.35. The van der Waals surface area contributed by atoms with Crippen LogP contribution in [0.1, 0.15) is 48.3 Å². The lowest BCUT2D eigenvalue weighted by molar-refractivity contribution is -0.109. The van der Waals surface area contributed by atoms with E-state index in [-0.39, 0.29) is 25.4 Å². The fourth-order valence-electron chi connectivity index (χ4n) is 3.36. The zero-order valence-corrected chi connectivity index (χ0v) is 15.0. The molecular weight excluding hydrogens is 312 g/mol. The van der Waals surface area contributed by atoms with Gasteiger partial charge in [0.05, 0.1) is 7.11 Å². The maximum absolute atomic E-state index is 11.7. The highest BCUT2D eigenvalue weighted by atomic mass is 16.7. The molecule has 0 radical (unpaired) electrons. The molecular formula is C18H26O6. The van der Waals surface area contributed by atoms with Gasteiger partial charge >= 0.3 is 0 Å². The first-order valence-corrected chi connectivity index (χ1v) is 8.03. The molecule has 2 rings (SSSR count). The molecule has 6 heteroatoms. The maximum Gasteiger partial charge on any atom is 0.188 e. The van der Waals surface area contributed by atoms with Crippen LogP contribution in [-0.4, -0.2) is 41.2 Å². The van der Waals surface area contributed by atoms with Crippen LogP contribution in [0.4, 0.5) is 0 Å². The van der Waals surface area contributed by atoms with E-state index in [0.717, 1.165) is 35.8 Å². The van der Waals surface area contributed by atoms with Crippen molar-refractivity contribution < 1.29 is 28.5 Å². The predicted molar refractivity (Wildman–Crippen MR) is 89.2 cm³/mol. The van der Waals surface area contributed by atoms with Crippen molar-refractivity contribution in [2.75, 3.05) is 34.9 Å². The monoisotopic (exact) mass is 338 g/mol. The van der Waals surface area contributed by atoms with E-state index in [2.05, 4.69) is 6.92 Å². The average Bonchev–Trinajstić information content (AvgIpc) is 2.59. The van der Waals surface area contributed by atoms with E-state index >= 15 is 0 Å². The number of rotatable bonds is 8. The van der Waals surface area contributed by atoms with Crippen molar-refractivity contribution in [1.82, 2.24) is 0 Å². The topological polar surface area (TPSA) is 63.2 Å². The van der Waals surface area contributed by atoms with Crippen LogP contribution in [-0.2, 0) is 14.3 Å². The fraction of sp³-hybridized carbons (Fsp3) is 0.611. The number of hydrogen-bond donors (Lipinski definition) is 0. The maximum atomic E-state index is 11.7. The van der Waals surface area contributed by atoms with Gasteiger partial charge in [-0.25, -0.2) is 0 Å². The van der Waals surface area contributed by atoms with E-state index < -0.39 is 0 Å². The van der Waals surface area contributed by atoms with Crippen molar-refractivity contribution >= 4 is 6.29 Å². The Morgan fingerprint density at radius 2 is 1.58 bits per heavy atom. The Bertz CT molecular complexity index is 584.